The predicted octanol–water partition coefficient (Wildman–Crippen LogP) is 5.07. The van der Waals surface area contributed by atoms with Crippen LogP contribution in [0.1, 0.15) is 25.7 Å². The molecule has 136 valence electrons. The second-order valence-electron chi connectivity index (χ2n) is 7.41. The molecule has 0 bridgehead atoms. The number of fused-ring (bicyclic) bond motifs is 3. The van der Waals surface area contributed by atoms with Gasteiger partial charge in [0, 0.05) is 67.4 Å². The summed E-state index contributed by atoms with van der Waals surface area (Å²) in [5, 5.41) is 2.76. The Bertz CT molecular complexity index is 839. The maximum Gasteiger partial charge on any atom is 0.0491 e. The smallest absolute Gasteiger partial charge is 0.0491 e. The standard InChI is InChI=1S/C23H29N3/c1-24-16-18-25(19-17-24)14-8-2-3-9-15-26-22-12-6-4-10-20(22)21-11-5-7-13-23(21)26/h4-7,10-13,16,18H,2-3,8-9,14-15,17,19H2,1H3. The summed E-state index contributed by atoms with van der Waals surface area (Å²) in [6.07, 6.45) is 9.59. The van der Waals surface area contributed by atoms with Gasteiger partial charge in [-0.15, -0.1) is 0 Å². The van der Waals surface area contributed by atoms with Gasteiger partial charge in [-0.1, -0.05) is 49.2 Å². The number of benzene rings is 2. The second-order valence-corrected chi connectivity index (χ2v) is 7.41. The maximum absolute atomic E-state index is 2.51. The topological polar surface area (TPSA) is 11.4 Å². The maximum atomic E-state index is 2.51. The monoisotopic (exact) mass is 347 g/mol. The van der Waals surface area contributed by atoms with E-state index in [4.69, 9.17) is 0 Å². The number of hydrogen-bond acceptors (Lipinski definition) is 2. The zero-order valence-electron chi connectivity index (χ0n) is 15.8. The third-order valence-electron chi connectivity index (χ3n) is 5.53. The molecule has 0 radical (unpaired) electrons. The van der Waals surface area contributed by atoms with Crippen molar-refractivity contribution in [2.75, 3.05) is 26.7 Å². The highest BCUT2D eigenvalue weighted by molar-refractivity contribution is 6.07. The van der Waals surface area contributed by atoms with Gasteiger partial charge in [-0.2, -0.15) is 0 Å². The SMILES string of the molecule is CN1C=CN(CCCCCCn2c3ccccc3c3ccccc32)CC1. The Balaban J connectivity index is 1.31. The van der Waals surface area contributed by atoms with E-state index in [1.54, 1.807) is 0 Å². The minimum atomic E-state index is 1.11. The largest absolute Gasteiger partial charge is 0.377 e. The van der Waals surface area contributed by atoms with E-state index in [-0.39, 0.29) is 0 Å². The lowest BCUT2D eigenvalue weighted by molar-refractivity contribution is 0.282. The van der Waals surface area contributed by atoms with Gasteiger partial charge in [0.15, 0.2) is 0 Å². The molecule has 3 aromatic rings. The summed E-state index contributed by atoms with van der Waals surface area (Å²) < 4.78 is 2.51. The molecule has 2 heterocycles. The Morgan fingerprint density at radius 1 is 0.692 bits per heavy atom. The fourth-order valence-corrected chi connectivity index (χ4v) is 4.01. The molecule has 0 atom stereocenters. The number of nitrogens with zero attached hydrogens (tertiary/aromatic N) is 3. The molecule has 1 aromatic heterocycles. The van der Waals surface area contributed by atoms with Crippen molar-refractivity contribution in [3.8, 4) is 0 Å². The van der Waals surface area contributed by atoms with Crippen LogP contribution in [0.3, 0.4) is 0 Å². The molecule has 0 aliphatic carbocycles. The van der Waals surface area contributed by atoms with Gasteiger partial charge in [0.1, 0.15) is 0 Å². The Morgan fingerprint density at radius 3 is 1.92 bits per heavy atom. The van der Waals surface area contributed by atoms with Gasteiger partial charge in [0.05, 0.1) is 0 Å². The first-order valence-electron chi connectivity index (χ1n) is 9.91. The number of hydrogen-bond donors (Lipinski definition) is 0. The normalized spacial score (nSPS) is 14.7. The van der Waals surface area contributed by atoms with Crippen molar-refractivity contribution in [1.82, 2.24) is 14.4 Å². The molecular formula is C23H29N3. The van der Waals surface area contributed by atoms with Gasteiger partial charge >= 0.3 is 0 Å². The predicted molar refractivity (Wildman–Crippen MR) is 111 cm³/mol. The lowest BCUT2D eigenvalue weighted by atomic mass is 10.2. The molecular weight excluding hydrogens is 318 g/mol. The fourth-order valence-electron chi connectivity index (χ4n) is 4.01. The molecule has 1 aliphatic rings. The quantitative estimate of drug-likeness (QED) is 0.553. The Labute approximate surface area is 156 Å². The minimum Gasteiger partial charge on any atom is -0.377 e. The summed E-state index contributed by atoms with van der Waals surface area (Å²) in [7, 11) is 2.14. The van der Waals surface area contributed by atoms with E-state index >= 15 is 0 Å². The highest BCUT2D eigenvalue weighted by atomic mass is 15.2. The average molecular weight is 348 g/mol. The van der Waals surface area contributed by atoms with E-state index < -0.39 is 0 Å². The lowest BCUT2D eigenvalue weighted by Gasteiger charge is -2.28. The average Bonchev–Trinajstić information content (AvgIpc) is 3.00. The second kappa shape index (κ2) is 7.86. The van der Waals surface area contributed by atoms with Crippen LogP contribution < -0.4 is 0 Å². The molecule has 3 nitrogen and oxygen atoms in total. The van der Waals surface area contributed by atoms with Crippen molar-refractivity contribution < 1.29 is 0 Å². The van der Waals surface area contributed by atoms with Crippen LogP contribution in [0, 0.1) is 0 Å². The summed E-state index contributed by atoms with van der Waals surface area (Å²) in [5.41, 5.74) is 2.74. The number of likely N-dealkylation sites (N-methyl/N-ethyl adjacent to an activating group) is 1. The molecule has 0 spiro atoms. The number of para-hydroxylation sites is 2. The molecule has 0 amide bonds. The summed E-state index contributed by atoms with van der Waals surface area (Å²) in [6, 6.07) is 17.6. The van der Waals surface area contributed by atoms with Crippen LogP contribution in [0.25, 0.3) is 21.8 Å². The molecule has 4 rings (SSSR count). The van der Waals surface area contributed by atoms with E-state index in [1.807, 2.05) is 0 Å². The Kier molecular flexibility index (Phi) is 5.14. The summed E-state index contributed by atoms with van der Waals surface area (Å²) >= 11 is 0. The first-order valence-corrected chi connectivity index (χ1v) is 9.91. The van der Waals surface area contributed by atoms with Crippen LogP contribution in [0.4, 0.5) is 0 Å². The van der Waals surface area contributed by atoms with Crippen molar-refractivity contribution >= 4 is 21.8 Å². The van der Waals surface area contributed by atoms with Gasteiger partial charge in [-0.05, 0) is 25.0 Å². The van der Waals surface area contributed by atoms with Crippen LogP contribution >= 0.6 is 0 Å². The highest BCUT2D eigenvalue weighted by Gasteiger charge is 2.09. The van der Waals surface area contributed by atoms with Crippen molar-refractivity contribution in [2.24, 2.45) is 0 Å². The molecule has 0 saturated carbocycles. The fraction of sp³-hybridized carbons (Fsp3) is 0.391. The molecule has 2 aromatic carbocycles. The van der Waals surface area contributed by atoms with Gasteiger partial charge in [-0.25, -0.2) is 0 Å². The van der Waals surface area contributed by atoms with Gasteiger partial charge in [0.25, 0.3) is 0 Å². The third kappa shape index (κ3) is 3.57. The van der Waals surface area contributed by atoms with E-state index in [1.165, 1.54) is 54.0 Å². The Hall–Kier alpha value is -2.42. The number of aromatic nitrogens is 1. The zero-order chi connectivity index (χ0) is 17.8. The molecule has 0 saturated heterocycles. The molecule has 26 heavy (non-hydrogen) atoms. The molecule has 0 fully saturated rings. The van der Waals surface area contributed by atoms with Crippen LogP contribution in [-0.4, -0.2) is 41.0 Å². The summed E-state index contributed by atoms with van der Waals surface area (Å²) in [4.78, 5) is 4.70. The van der Waals surface area contributed by atoms with Gasteiger partial charge < -0.3 is 14.4 Å². The first kappa shape index (κ1) is 17.0. The van der Waals surface area contributed by atoms with E-state index in [0.717, 1.165) is 19.6 Å². The highest BCUT2D eigenvalue weighted by Crippen LogP contribution is 2.29. The Morgan fingerprint density at radius 2 is 1.31 bits per heavy atom. The van der Waals surface area contributed by atoms with E-state index in [0.29, 0.717) is 0 Å². The van der Waals surface area contributed by atoms with Crippen molar-refractivity contribution in [1.29, 1.82) is 0 Å². The van der Waals surface area contributed by atoms with Gasteiger partial charge in [0.2, 0.25) is 0 Å². The van der Waals surface area contributed by atoms with Crippen molar-refractivity contribution in [3.05, 3.63) is 60.9 Å². The van der Waals surface area contributed by atoms with Gasteiger partial charge in [-0.3, -0.25) is 0 Å². The molecule has 1 aliphatic heterocycles. The molecule has 0 unspecified atom stereocenters. The van der Waals surface area contributed by atoms with Crippen LogP contribution in [0.2, 0.25) is 0 Å². The molecule has 0 N–H and O–H groups in total. The number of aryl methyl sites for hydroxylation is 1. The van der Waals surface area contributed by atoms with E-state index in [2.05, 4.69) is 82.3 Å². The number of rotatable bonds is 7. The third-order valence-corrected chi connectivity index (χ3v) is 5.53. The minimum absolute atomic E-state index is 1.11. The van der Waals surface area contributed by atoms with E-state index in [9.17, 15) is 0 Å². The lowest BCUT2D eigenvalue weighted by Crippen LogP contribution is -2.32. The van der Waals surface area contributed by atoms with Crippen molar-refractivity contribution in [2.45, 2.75) is 32.2 Å². The number of unbranched alkanes of at least 4 members (excludes halogenated alkanes) is 3. The molecule has 3 heteroatoms. The zero-order valence-corrected chi connectivity index (χ0v) is 15.8. The summed E-state index contributed by atoms with van der Waals surface area (Å²) in [5.74, 6) is 0. The van der Waals surface area contributed by atoms with Crippen LogP contribution in [-0.2, 0) is 6.54 Å². The van der Waals surface area contributed by atoms with Crippen LogP contribution in [0.5, 0.6) is 0 Å². The first-order chi connectivity index (χ1) is 12.8. The van der Waals surface area contributed by atoms with Crippen LogP contribution in [0.15, 0.2) is 60.9 Å². The summed E-state index contributed by atoms with van der Waals surface area (Å²) in [6.45, 7) is 4.61. The van der Waals surface area contributed by atoms with Crippen molar-refractivity contribution in [3.63, 3.8) is 0 Å².